The number of aryl methyl sites for hydroxylation is 1. The van der Waals surface area contributed by atoms with Crippen LogP contribution in [0.5, 0.6) is 0 Å². The van der Waals surface area contributed by atoms with E-state index >= 15 is 0 Å². The average molecular weight is 305 g/mol. The lowest BCUT2D eigenvalue weighted by Gasteiger charge is -2.10. The first-order valence-corrected chi connectivity index (χ1v) is 7.06. The number of aromatic nitrogens is 2. The Bertz CT molecular complexity index is 665. The van der Waals surface area contributed by atoms with E-state index in [-0.39, 0.29) is 23.5 Å². The number of hydrogen-bond donors (Lipinski definition) is 3. The summed E-state index contributed by atoms with van der Waals surface area (Å²) < 4.78 is 0. The van der Waals surface area contributed by atoms with Gasteiger partial charge in [0.05, 0.1) is 6.04 Å². The normalized spacial score (nSPS) is 13.0. The van der Waals surface area contributed by atoms with Gasteiger partial charge in [-0.05, 0) is 26.0 Å². The smallest absolute Gasteiger partial charge is 0.270 e. The number of carbonyl (C=O) groups excluding carboxylic acids is 1. The number of nitrogens with zero attached hydrogens (tertiary/aromatic N) is 3. The Kier molecular flexibility index (Phi) is 4.49. The third-order valence-electron chi connectivity index (χ3n) is 2.75. The molecule has 2 heterocycles. The minimum atomic E-state index is -0.304. The molecule has 1 unspecified atom stereocenters. The van der Waals surface area contributed by atoms with E-state index in [0.29, 0.717) is 5.56 Å². The van der Waals surface area contributed by atoms with Crippen LogP contribution in [-0.2, 0) is 0 Å². The predicted molar refractivity (Wildman–Crippen MR) is 79.5 cm³/mol. The molecule has 2 rings (SSSR count). The fourth-order valence-corrected chi connectivity index (χ4v) is 2.44. The molecule has 0 fully saturated rings. The van der Waals surface area contributed by atoms with Crippen LogP contribution in [0, 0.1) is 6.92 Å². The van der Waals surface area contributed by atoms with Crippen molar-refractivity contribution in [1.29, 1.82) is 0 Å². The van der Waals surface area contributed by atoms with E-state index in [1.807, 2.05) is 19.2 Å². The zero-order valence-corrected chi connectivity index (χ0v) is 12.4. The summed E-state index contributed by atoms with van der Waals surface area (Å²) in [4.78, 5) is 20.4. The Morgan fingerprint density at radius 2 is 2.29 bits per heavy atom. The summed E-state index contributed by atoms with van der Waals surface area (Å²) >= 11 is 1.50. The van der Waals surface area contributed by atoms with Gasteiger partial charge in [0.15, 0.2) is 5.84 Å². The molecule has 1 amide bonds. The first kappa shape index (κ1) is 14.9. The van der Waals surface area contributed by atoms with Gasteiger partial charge < -0.3 is 16.3 Å². The molecule has 0 aliphatic rings. The molecule has 2 aromatic rings. The summed E-state index contributed by atoms with van der Waals surface area (Å²) in [6.45, 7) is 3.77. The third kappa shape index (κ3) is 3.54. The summed E-state index contributed by atoms with van der Waals surface area (Å²) in [6, 6.07) is 2.89. The first-order valence-electron chi connectivity index (χ1n) is 6.18. The van der Waals surface area contributed by atoms with Crippen LogP contribution >= 0.6 is 11.3 Å². The van der Waals surface area contributed by atoms with Gasteiger partial charge in [0.25, 0.3) is 5.91 Å². The van der Waals surface area contributed by atoms with Crippen LogP contribution in [0.25, 0.3) is 0 Å². The van der Waals surface area contributed by atoms with Crippen LogP contribution in [0.15, 0.2) is 28.9 Å². The van der Waals surface area contributed by atoms with Crippen molar-refractivity contribution >= 4 is 23.1 Å². The molecular formula is C13H15N5O2S. The van der Waals surface area contributed by atoms with Crippen molar-refractivity contribution in [1.82, 2.24) is 15.3 Å². The van der Waals surface area contributed by atoms with Crippen molar-refractivity contribution in [2.24, 2.45) is 10.9 Å². The molecule has 0 aliphatic heterocycles. The number of oxime groups is 1. The van der Waals surface area contributed by atoms with Crippen LogP contribution in [-0.4, -0.2) is 26.9 Å². The molecule has 0 saturated heterocycles. The maximum atomic E-state index is 12.1. The molecule has 2 aromatic heterocycles. The molecule has 1 atom stereocenters. The average Bonchev–Trinajstić information content (AvgIpc) is 2.93. The van der Waals surface area contributed by atoms with Crippen LogP contribution < -0.4 is 11.1 Å². The number of thiazole rings is 1. The molecular weight excluding hydrogens is 290 g/mol. The standard InChI is InChI=1S/C13H15N5O2S/c1-7-6-21-13(16-7)8(2)17-12(19)10-4-3-9(5-15-10)11(14)18-20/h3-6,8,20H,1-2H3,(H2,14,18)(H,17,19). The lowest BCUT2D eigenvalue weighted by molar-refractivity contribution is 0.0935. The van der Waals surface area contributed by atoms with Gasteiger partial charge in [0, 0.05) is 22.8 Å². The molecule has 7 nitrogen and oxygen atoms in total. The topological polar surface area (TPSA) is 113 Å². The SMILES string of the molecule is Cc1csc(C(C)NC(=O)c2ccc(C(N)=NO)cn2)n1. The van der Waals surface area contributed by atoms with Crippen LogP contribution in [0.4, 0.5) is 0 Å². The number of nitrogens with one attached hydrogen (secondary N) is 1. The Labute approximate surface area is 125 Å². The number of rotatable bonds is 4. The van der Waals surface area contributed by atoms with Gasteiger partial charge in [-0.1, -0.05) is 5.16 Å². The zero-order chi connectivity index (χ0) is 15.4. The maximum absolute atomic E-state index is 12.1. The monoisotopic (exact) mass is 305 g/mol. The van der Waals surface area contributed by atoms with Crippen LogP contribution in [0.2, 0.25) is 0 Å². The quantitative estimate of drug-likeness (QED) is 0.342. The fraction of sp³-hybridized carbons (Fsp3) is 0.231. The van der Waals surface area contributed by atoms with Gasteiger partial charge in [0.2, 0.25) is 0 Å². The van der Waals surface area contributed by atoms with E-state index < -0.39 is 0 Å². The second-order valence-corrected chi connectivity index (χ2v) is 5.33. The van der Waals surface area contributed by atoms with E-state index in [0.717, 1.165) is 10.7 Å². The Balaban J connectivity index is 2.06. The molecule has 0 saturated carbocycles. The van der Waals surface area contributed by atoms with E-state index in [2.05, 4.69) is 20.4 Å². The highest BCUT2D eigenvalue weighted by Gasteiger charge is 2.15. The molecule has 0 aromatic carbocycles. The summed E-state index contributed by atoms with van der Waals surface area (Å²) in [5, 5.41) is 17.0. The van der Waals surface area contributed by atoms with E-state index in [1.54, 1.807) is 6.07 Å². The lowest BCUT2D eigenvalue weighted by Crippen LogP contribution is -2.27. The highest BCUT2D eigenvalue weighted by molar-refractivity contribution is 7.09. The fourth-order valence-electron chi connectivity index (χ4n) is 1.64. The number of carbonyl (C=O) groups is 1. The van der Waals surface area contributed by atoms with Gasteiger partial charge in [-0.2, -0.15) is 0 Å². The molecule has 0 spiro atoms. The Morgan fingerprint density at radius 3 is 2.81 bits per heavy atom. The summed E-state index contributed by atoms with van der Waals surface area (Å²) in [5.74, 6) is -0.359. The number of hydrogen-bond acceptors (Lipinski definition) is 6. The van der Waals surface area contributed by atoms with Crippen molar-refractivity contribution in [3.63, 3.8) is 0 Å². The van der Waals surface area contributed by atoms with Crippen molar-refractivity contribution in [3.8, 4) is 0 Å². The summed E-state index contributed by atoms with van der Waals surface area (Å²) in [7, 11) is 0. The second kappa shape index (κ2) is 6.31. The largest absolute Gasteiger partial charge is 0.409 e. The van der Waals surface area contributed by atoms with Gasteiger partial charge >= 0.3 is 0 Å². The molecule has 0 bridgehead atoms. The maximum Gasteiger partial charge on any atom is 0.270 e. The van der Waals surface area contributed by atoms with E-state index in [1.165, 1.54) is 23.6 Å². The molecule has 21 heavy (non-hydrogen) atoms. The number of nitrogens with two attached hydrogens (primary N) is 1. The molecule has 0 radical (unpaired) electrons. The molecule has 4 N–H and O–H groups in total. The van der Waals surface area contributed by atoms with Crippen molar-refractivity contribution in [2.45, 2.75) is 19.9 Å². The Morgan fingerprint density at radius 1 is 1.52 bits per heavy atom. The third-order valence-corrected chi connectivity index (χ3v) is 3.90. The van der Waals surface area contributed by atoms with Gasteiger partial charge in [-0.15, -0.1) is 11.3 Å². The minimum Gasteiger partial charge on any atom is -0.409 e. The van der Waals surface area contributed by atoms with Crippen LogP contribution in [0.1, 0.15) is 39.7 Å². The summed E-state index contributed by atoms with van der Waals surface area (Å²) in [5.41, 5.74) is 7.06. The van der Waals surface area contributed by atoms with Crippen molar-refractivity contribution < 1.29 is 10.0 Å². The van der Waals surface area contributed by atoms with Crippen molar-refractivity contribution in [3.05, 3.63) is 45.7 Å². The number of amides is 1. The molecule has 0 aliphatic carbocycles. The summed E-state index contributed by atoms with van der Waals surface area (Å²) in [6.07, 6.45) is 1.38. The van der Waals surface area contributed by atoms with Gasteiger partial charge in [0.1, 0.15) is 10.7 Å². The Hall–Kier alpha value is -2.48. The van der Waals surface area contributed by atoms with Crippen LogP contribution in [0.3, 0.4) is 0 Å². The minimum absolute atomic E-state index is 0.0545. The number of pyridine rings is 1. The van der Waals surface area contributed by atoms with Crippen molar-refractivity contribution in [2.75, 3.05) is 0 Å². The first-order chi connectivity index (χ1) is 10.0. The highest BCUT2D eigenvalue weighted by atomic mass is 32.1. The predicted octanol–water partition coefficient (Wildman–Crippen LogP) is 1.43. The lowest BCUT2D eigenvalue weighted by atomic mass is 10.2. The van der Waals surface area contributed by atoms with Gasteiger partial charge in [-0.3, -0.25) is 9.78 Å². The van der Waals surface area contributed by atoms with Gasteiger partial charge in [-0.25, -0.2) is 4.98 Å². The van der Waals surface area contributed by atoms with E-state index in [9.17, 15) is 4.79 Å². The molecule has 110 valence electrons. The highest BCUT2D eigenvalue weighted by Crippen LogP contribution is 2.17. The molecule has 8 heteroatoms. The second-order valence-electron chi connectivity index (χ2n) is 4.44. The van der Waals surface area contributed by atoms with E-state index in [4.69, 9.17) is 10.9 Å². The number of amidine groups is 1. The zero-order valence-electron chi connectivity index (χ0n) is 11.6.